The first-order chi connectivity index (χ1) is 11.1. The van der Waals surface area contributed by atoms with Crippen molar-refractivity contribution in [2.45, 2.75) is 22.0 Å². The molecule has 0 bridgehead atoms. The van der Waals surface area contributed by atoms with Gasteiger partial charge in [0.1, 0.15) is 0 Å². The Morgan fingerprint density at radius 1 is 1.13 bits per heavy atom. The summed E-state index contributed by atoms with van der Waals surface area (Å²) in [7, 11) is -3.65. The monoisotopic (exact) mass is 349 g/mol. The quantitative estimate of drug-likeness (QED) is 0.834. The molecule has 0 saturated carbocycles. The second-order valence-electron chi connectivity index (χ2n) is 5.45. The topological polar surface area (TPSA) is 55.8 Å². The molecule has 1 unspecified atom stereocenters. The van der Waals surface area contributed by atoms with Crippen LogP contribution in [0, 0.1) is 0 Å². The molecule has 2 aromatic rings. The lowest BCUT2D eigenvalue weighted by molar-refractivity contribution is 0.174. The Kier molecular flexibility index (Phi) is 3.42. The Bertz CT molecular complexity index is 866. The Balaban J connectivity index is 1.80. The van der Waals surface area contributed by atoms with Gasteiger partial charge in [0.25, 0.3) is 10.0 Å². The molecule has 0 fully saturated rings. The van der Waals surface area contributed by atoms with E-state index in [9.17, 15) is 8.42 Å². The molecule has 4 rings (SSSR count). The highest BCUT2D eigenvalue weighted by Crippen LogP contribution is 2.42. The molecule has 0 saturated heterocycles. The van der Waals surface area contributed by atoms with Crippen molar-refractivity contribution in [2.75, 3.05) is 17.6 Å². The second kappa shape index (κ2) is 5.35. The van der Waals surface area contributed by atoms with Crippen molar-refractivity contribution < 1.29 is 17.9 Å². The van der Waals surface area contributed by atoms with Crippen molar-refractivity contribution in [1.82, 2.24) is 0 Å². The number of fused-ring (bicyclic) bond motifs is 2. The minimum Gasteiger partial charge on any atom is -0.454 e. The molecule has 2 aromatic carbocycles. The predicted molar refractivity (Wildman–Crippen MR) is 88.9 cm³/mol. The third kappa shape index (κ3) is 2.44. The highest BCUT2D eigenvalue weighted by Gasteiger charge is 2.33. The summed E-state index contributed by atoms with van der Waals surface area (Å²) >= 11 is 1.70. The Morgan fingerprint density at radius 3 is 2.78 bits per heavy atom. The summed E-state index contributed by atoms with van der Waals surface area (Å²) in [4.78, 5) is 1.20. The average Bonchev–Trinajstić information content (AvgIpc) is 3.01. The van der Waals surface area contributed by atoms with Gasteiger partial charge in [0.15, 0.2) is 11.5 Å². The van der Waals surface area contributed by atoms with Gasteiger partial charge >= 0.3 is 0 Å². The van der Waals surface area contributed by atoms with Crippen molar-refractivity contribution in [2.24, 2.45) is 0 Å². The Morgan fingerprint density at radius 2 is 1.91 bits per heavy atom. The van der Waals surface area contributed by atoms with Crippen LogP contribution in [0.1, 0.15) is 6.92 Å². The molecule has 7 heteroatoms. The Hall–Kier alpha value is -1.86. The number of anilines is 1. The lowest BCUT2D eigenvalue weighted by Crippen LogP contribution is -2.38. The first-order valence-corrected chi connectivity index (χ1v) is 9.56. The summed E-state index contributed by atoms with van der Waals surface area (Å²) in [5.41, 5.74) is 0.730. The SMILES string of the molecule is CC1CN(S(=O)(=O)c2ccc3c(c2)OCO3)c2ccccc2S1. The van der Waals surface area contributed by atoms with E-state index in [4.69, 9.17) is 9.47 Å². The predicted octanol–water partition coefficient (Wildman–Crippen LogP) is 3.10. The molecule has 2 heterocycles. The standard InChI is InChI=1S/C16H15NO4S2/c1-11-9-17(13-4-2-3-5-16(13)22-11)23(18,19)12-6-7-14-15(8-12)21-10-20-14/h2-8,11H,9-10H2,1H3. The third-order valence-corrected chi connectivity index (χ3v) is 6.74. The van der Waals surface area contributed by atoms with E-state index >= 15 is 0 Å². The van der Waals surface area contributed by atoms with Crippen LogP contribution in [-0.2, 0) is 10.0 Å². The van der Waals surface area contributed by atoms with E-state index in [-0.39, 0.29) is 16.9 Å². The normalized spacial score (nSPS) is 19.5. The molecule has 2 aliphatic heterocycles. The van der Waals surface area contributed by atoms with Gasteiger partial charge in [-0.25, -0.2) is 8.42 Å². The zero-order valence-corrected chi connectivity index (χ0v) is 14.1. The van der Waals surface area contributed by atoms with Crippen LogP contribution in [0.4, 0.5) is 5.69 Å². The maximum absolute atomic E-state index is 13.1. The largest absolute Gasteiger partial charge is 0.454 e. The highest BCUT2D eigenvalue weighted by molar-refractivity contribution is 8.00. The van der Waals surface area contributed by atoms with E-state index < -0.39 is 10.0 Å². The van der Waals surface area contributed by atoms with Gasteiger partial charge in [-0.15, -0.1) is 11.8 Å². The Labute approximate surface area is 139 Å². The molecule has 23 heavy (non-hydrogen) atoms. The van der Waals surface area contributed by atoms with Crippen molar-refractivity contribution in [3.05, 3.63) is 42.5 Å². The van der Waals surface area contributed by atoms with E-state index in [1.54, 1.807) is 23.9 Å². The van der Waals surface area contributed by atoms with Gasteiger partial charge in [0, 0.05) is 22.8 Å². The van der Waals surface area contributed by atoms with Gasteiger partial charge in [-0.1, -0.05) is 19.1 Å². The summed E-state index contributed by atoms with van der Waals surface area (Å²) < 4.78 is 38.3. The van der Waals surface area contributed by atoms with Gasteiger partial charge in [-0.3, -0.25) is 4.31 Å². The van der Waals surface area contributed by atoms with Crippen LogP contribution in [0.15, 0.2) is 52.3 Å². The summed E-state index contributed by atoms with van der Waals surface area (Å²) in [5, 5.41) is 0.189. The summed E-state index contributed by atoms with van der Waals surface area (Å²) in [6, 6.07) is 12.3. The molecule has 0 radical (unpaired) electrons. The van der Waals surface area contributed by atoms with E-state index in [0.29, 0.717) is 18.0 Å². The van der Waals surface area contributed by atoms with Crippen LogP contribution in [0.5, 0.6) is 11.5 Å². The van der Waals surface area contributed by atoms with Gasteiger partial charge < -0.3 is 9.47 Å². The van der Waals surface area contributed by atoms with Crippen LogP contribution in [0.3, 0.4) is 0 Å². The third-order valence-electron chi connectivity index (χ3n) is 3.82. The van der Waals surface area contributed by atoms with Crippen molar-refractivity contribution in [1.29, 1.82) is 0 Å². The maximum atomic E-state index is 13.1. The summed E-state index contributed by atoms with van der Waals surface area (Å²) in [6.07, 6.45) is 0. The number of hydrogen-bond donors (Lipinski definition) is 0. The van der Waals surface area contributed by atoms with Crippen LogP contribution in [0.2, 0.25) is 0 Å². The maximum Gasteiger partial charge on any atom is 0.264 e. The van der Waals surface area contributed by atoms with E-state index in [1.807, 2.05) is 31.2 Å². The van der Waals surface area contributed by atoms with Gasteiger partial charge in [-0.05, 0) is 24.3 Å². The molecule has 2 aliphatic rings. The molecule has 0 N–H and O–H groups in total. The fraction of sp³-hybridized carbons (Fsp3) is 0.250. The minimum atomic E-state index is -3.65. The van der Waals surface area contributed by atoms with E-state index in [0.717, 1.165) is 10.6 Å². The van der Waals surface area contributed by atoms with Crippen LogP contribution in [0.25, 0.3) is 0 Å². The molecule has 5 nitrogen and oxygen atoms in total. The van der Waals surface area contributed by atoms with Crippen molar-refractivity contribution >= 4 is 27.5 Å². The summed E-state index contributed by atoms with van der Waals surface area (Å²) in [6.45, 7) is 2.60. The highest BCUT2D eigenvalue weighted by atomic mass is 32.2. The lowest BCUT2D eigenvalue weighted by atomic mass is 10.3. The molecule has 0 amide bonds. The number of nitrogens with zero attached hydrogens (tertiary/aromatic N) is 1. The molecule has 0 aliphatic carbocycles. The lowest BCUT2D eigenvalue weighted by Gasteiger charge is -2.33. The van der Waals surface area contributed by atoms with Crippen LogP contribution >= 0.6 is 11.8 Å². The second-order valence-corrected chi connectivity index (χ2v) is 8.79. The number of para-hydroxylation sites is 1. The fourth-order valence-electron chi connectivity index (χ4n) is 2.74. The minimum absolute atomic E-state index is 0.124. The molecule has 0 spiro atoms. The zero-order valence-electron chi connectivity index (χ0n) is 12.4. The zero-order chi connectivity index (χ0) is 16.0. The van der Waals surface area contributed by atoms with E-state index in [2.05, 4.69) is 0 Å². The molecular formula is C16H15NO4S2. The van der Waals surface area contributed by atoms with E-state index in [1.165, 1.54) is 10.4 Å². The summed E-state index contributed by atoms with van der Waals surface area (Å²) in [5.74, 6) is 1.05. The number of sulfonamides is 1. The number of benzene rings is 2. The van der Waals surface area contributed by atoms with Crippen LogP contribution < -0.4 is 13.8 Å². The van der Waals surface area contributed by atoms with Gasteiger partial charge in [-0.2, -0.15) is 0 Å². The van der Waals surface area contributed by atoms with Crippen molar-refractivity contribution in [3.8, 4) is 11.5 Å². The first-order valence-electron chi connectivity index (χ1n) is 7.24. The van der Waals surface area contributed by atoms with Crippen molar-refractivity contribution in [3.63, 3.8) is 0 Å². The smallest absolute Gasteiger partial charge is 0.264 e. The number of rotatable bonds is 2. The molecular weight excluding hydrogens is 334 g/mol. The molecule has 1 atom stereocenters. The first kappa shape index (κ1) is 14.7. The molecule has 0 aromatic heterocycles. The average molecular weight is 349 g/mol. The number of ether oxygens (including phenoxy) is 2. The number of thioether (sulfide) groups is 1. The van der Waals surface area contributed by atoms with Gasteiger partial charge in [0.2, 0.25) is 6.79 Å². The van der Waals surface area contributed by atoms with Crippen LogP contribution in [-0.4, -0.2) is 27.0 Å². The molecule has 120 valence electrons. The van der Waals surface area contributed by atoms with Gasteiger partial charge in [0.05, 0.1) is 10.6 Å². The number of hydrogen-bond acceptors (Lipinski definition) is 5. The fourth-order valence-corrected chi connectivity index (χ4v) is 5.59.